The van der Waals surface area contributed by atoms with Gasteiger partial charge in [0.2, 0.25) is 5.89 Å². The van der Waals surface area contributed by atoms with Gasteiger partial charge in [-0.3, -0.25) is 4.90 Å². The van der Waals surface area contributed by atoms with Crippen molar-refractivity contribution in [3.8, 4) is 11.5 Å². The summed E-state index contributed by atoms with van der Waals surface area (Å²) in [4.78, 5) is 6.28. The molecule has 0 fully saturated rings. The summed E-state index contributed by atoms with van der Waals surface area (Å²) in [6.07, 6.45) is 0. The molecule has 0 aliphatic rings. The molecule has 0 radical (unpaired) electrons. The molecular formula is C14H19N3O3. The van der Waals surface area contributed by atoms with E-state index in [1.807, 2.05) is 25.2 Å². The van der Waals surface area contributed by atoms with Crippen LogP contribution in [0, 0.1) is 6.92 Å². The molecule has 0 spiro atoms. The number of benzene rings is 1. The standard InChI is InChI=1S/C14H19N3O3/c1-10-15-14(20-16-10)9-17(2)8-11-5-12(18-3)7-13(6-11)19-4/h5-7H,8-9H2,1-4H3. The third-order valence-corrected chi connectivity index (χ3v) is 2.84. The molecular weight excluding hydrogens is 258 g/mol. The molecule has 0 amide bonds. The highest BCUT2D eigenvalue weighted by molar-refractivity contribution is 5.38. The zero-order valence-electron chi connectivity index (χ0n) is 12.2. The van der Waals surface area contributed by atoms with Gasteiger partial charge >= 0.3 is 0 Å². The van der Waals surface area contributed by atoms with Crippen molar-refractivity contribution in [3.63, 3.8) is 0 Å². The minimum absolute atomic E-state index is 0.598. The van der Waals surface area contributed by atoms with Crippen LogP contribution in [-0.2, 0) is 13.1 Å². The largest absolute Gasteiger partial charge is 0.497 e. The maximum absolute atomic E-state index is 5.26. The van der Waals surface area contributed by atoms with Crippen molar-refractivity contribution in [3.05, 3.63) is 35.5 Å². The van der Waals surface area contributed by atoms with Gasteiger partial charge in [0.1, 0.15) is 11.5 Å². The van der Waals surface area contributed by atoms with E-state index in [2.05, 4.69) is 15.0 Å². The average Bonchev–Trinajstić information content (AvgIpc) is 2.83. The number of aromatic nitrogens is 2. The Bertz CT molecular complexity index is 546. The fraction of sp³-hybridized carbons (Fsp3) is 0.429. The second-order valence-electron chi connectivity index (χ2n) is 4.63. The summed E-state index contributed by atoms with van der Waals surface area (Å²) in [6.45, 7) is 3.13. The number of nitrogens with zero attached hydrogens (tertiary/aromatic N) is 3. The lowest BCUT2D eigenvalue weighted by molar-refractivity contribution is 0.259. The van der Waals surface area contributed by atoms with Crippen LogP contribution in [0.25, 0.3) is 0 Å². The van der Waals surface area contributed by atoms with Crippen LogP contribution in [0.3, 0.4) is 0 Å². The zero-order valence-corrected chi connectivity index (χ0v) is 12.2. The van der Waals surface area contributed by atoms with E-state index in [9.17, 15) is 0 Å². The molecule has 2 rings (SSSR count). The third kappa shape index (κ3) is 3.71. The van der Waals surface area contributed by atoms with Crippen LogP contribution >= 0.6 is 0 Å². The van der Waals surface area contributed by atoms with E-state index < -0.39 is 0 Å². The normalized spacial score (nSPS) is 10.8. The van der Waals surface area contributed by atoms with Crippen molar-refractivity contribution in [2.24, 2.45) is 0 Å². The smallest absolute Gasteiger partial charge is 0.240 e. The summed E-state index contributed by atoms with van der Waals surface area (Å²) in [6, 6.07) is 5.82. The first-order valence-corrected chi connectivity index (χ1v) is 6.30. The fourth-order valence-electron chi connectivity index (χ4n) is 1.96. The Morgan fingerprint density at radius 3 is 2.25 bits per heavy atom. The van der Waals surface area contributed by atoms with E-state index in [1.165, 1.54) is 0 Å². The molecule has 0 atom stereocenters. The molecule has 2 aromatic rings. The minimum Gasteiger partial charge on any atom is -0.497 e. The highest BCUT2D eigenvalue weighted by Gasteiger charge is 2.09. The molecule has 0 bridgehead atoms. The van der Waals surface area contributed by atoms with Gasteiger partial charge < -0.3 is 14.0 Å². The molecule has 0 N–H and O–H groups in total. The number of hydrogen-bond donors (Lipinski definition) is 0. The number of methoxy groups -OCH3 is 2. The first-order chi connectivity index (χ1) is 9.60. The summed E-state index contributed by atoms with van der Waals surface area (Å²) in [5.41, 5.74) is 1.10. The van der Waals surface area contributed by atoms with Crippen LogP contribution in [0.15, 0.2) is 22.7 Å². The Hall–Kier alpha value is -2.08. The molecule has 6 heteroatoms. The highest BCUT2D eigenvalue weighted by Crippen LogP contribution is 2.23. The lowest BCUT2D eigenvalue weighted by atomic mass is 10.2. The van der Waals surface area contributed by atoms with Gasteiger partial charge in [0.15, 0.2) is 5.82 Å². The van der Waals surface area contributed by atoms with Crippen molar-refractivity contribution in [1.29, 1.82) is 0 Å². The van der Waals surface area contributed by atoms with Crippen LogP contribution < -0.4 is 9.47 Å². The predicted molar refractivity (Wildman–Crippen MR) is 73.8 cm³/mol. The van der Waals surface area contributed by atoms with Crippen molar-refractivity contribution in [2.45, 2.75) is 20.0 Å². The topological polar surface area (TPSA) is 60.6 Å². The fourth-order valence-corrected chi connectivity index (χ4v) is 1.96. The number of rotatable bonds is 6. The Labute approximate surface area is 118 Å². The second kappa shape index (κ2) is 6.38. The summed E-state index contributed by atoms with van der Waals surface area (Å²) >= 11 is 0. The maximum Gasteiger partial charge on any atom is 0.240 e. The summed E-state index contributed by atoms with van der Waals surface area (Å²) in [7, 11) is 5.28. The Morgan fingerprint density at radius 1 is 1.10 bits per heavy atom. The summed E-state index contributed by atoms with van der Waals surface area (Å²) in [5.74, 6) is 2.82. The maximum atomic E-state index is 5.26. The Morgan fingerprint density at radius 2 is 1.75 bits per heavy atom. The Kier molecular flexibility index (Phi) is 4.57. The van der Waals surface area contributed by atoms with Gasteiger partial charge in [-0.1, -0.05) is 5.16 Å². The summed E-state index contributed by atoms with van der Waals surface area (Å²) < 4.78 is 15.6. The van der Waals surface area contributed by atoms with E-state index in [1.54, 1.807) is 21.1 Å². The lowest BCUT2D eigenvalue weighted by Crippen LogP contribution is -2.17. The molecule has 108 valence electrons. The molecule has 1 heterocycles. The Balaban J connectivity index is 2.04. The van der Waals surface area contributed by atoms with E-state index >= 15 is 0 Å². The SMILES string of the molecule is COc1cc(CN(C)Cc2nc(C)no2)cc(OC)c1. The van der Waals surface area contributed by atoms with Gasteiger partial charge in [-0.25, -0.2) is 0 Å². The third-order valence-electron chi connectivity index (χ3n) is 2.84. The van der Waals surface area contributed by atoms with E-state index in [-0.39, 0.29) is 0 Å². The molecule has 1 aromatic heterocycles. The zero-order chi connectivity index (χ0) is 14.5. The van der Waals surface area contributed by atoms with Crippen molar-refractivity contribution in [2.75, 3.05) is 21.3 Å². The van der Waals surface area contributed by atoms with Crippen molar-refractivity contribution in [1.82, 2.24) is 15.0 Å². The van der Waals surface area contributed by atoms with Crippen LogP contribution in [0.5, 0.6) is 11.5 Å². The molecule has 0 aliphatic carbocycles. The van der Waals surface area contributed by atoms with Gasteiger partial charge in [0.25, 0.3) is 0 Å². The van der Waals surface area contributed by atoms with Gasteiger partial charge in [0, 0.05) is 12.6 Å². The first kappa shape index (κ1) is 14.3. The molecule has 0 aliphatic heterocycles. The average molecular weight is 277 g/mol. The minimum atomic E-state index is 0.598. The molecule has 6 nitrogen and oxygen atoms in total. The molecule has 1 aromatic carbocycles. The van der Waals surface area contributed by atoms with E-state index in [0.717, 1.165) is 23.6 Å². The second-order valence-corrected chi connectivity index (χ2v) is 4.63. The number of hydrogen-bond acceptors (Lipinski definition) is 6. The first-order valence-electron chi connectivity index (χ1n) is 6.30. The van der Waals surface area contributed by atoms with Crippen LogP contribution in [0.2, 0.25) is 0 Å². The van der Waals surface area contributed by atoms with Crippen molar-refractivity contribution < 1.29 is 14.0 Å². The molecule has 0 saturated carbocycles. The quantitative estimate of drug-likeness (QED) is 0.805. The monoisotopic (exact) mass is 277 g/mol. The number of aryl methyl sites for hydroxylation is 1. The van der Waals surface area contributed by atoms with Gasteiger partial charge in [-0.05, 0) is 31.7 Å². The molecule has 0 saturated heterocycles. The lowest BCUT2D eigenvalue weighted by Gasteiger charge is -2.15. The van der Waals surface area contributed by atoms with E-state index in [0.29, 0.717) is 18.3 Å². The van der Waals surface area contributed by atoms with Gasteiger partial charge in [0.05, 0.1) is 20.8 Å². The van der Waals surface area contributed by atoms with Crippen LogP contribution in [0.4, 0.5) is 0 Å². The highest BCUT2D eigenvalue weighted by atomic mass is 16.5. The van der Waals surface area contributed by atoms with Crippen LogP contribution in [-0.4, -0.2) is 36.3 Å². The van der Waals surface area contributed by atoms with Gasteiger partial charge in [-0.2, -0.15) is 4.98 Å². The van der Waals surface area contributed by atoms with Crippen LogP contribution in [0.1, 0.15) is 17.3 Å². The number of ether oxygens (including phenoxy) is 2. The van der Waals surface area contributed by atoms with Crippen molar-refractivity contribution >= 4 is 0 Å². The predicted octanol–water partition coefficient (Wildman–Crippen LogP) is 2.03. The van der Waals surface area contributed by atoms with E-state index in [4.69, 9.17) is 14.0 Å². The summed E-state index contributed by atoms with van der Waals surface area (Å²) in [5, 5.41) is 3.78. The molecule has 20 heavy (non-hydrogen) atoms. The molecule has 0 unspecified atom stereocenters. The van der Waals surface area contributed by atoms with Gasteiger partial charge in [-0.15, -0.1) is 0 Å².